The smallest absolute Gasteiger partial charge is 0.317 e. The van der Waals surface area contributed by atoms with E-state index in [4.69, 9.17) is 0 Å². The summed E-state index contributed by atoms with van der Waals surface area (Å²) < 4.78 is 0. The van der Waals surface area contributed by atoms with Crippen LogP contribution in [0.2, 0.25) is 0 Å². The maximum Gasteiger partial charge on any atom is 2.00 e. The molecule has 0 saturated heterocycles. The largest absolute Gasteiger partial charge is 2.00 e. The van der Waals surface area contributed by atoms with Crippen molar-refractivity contribution in [3.8, 4) is 23.7 Å². The maximum atomic E-state index is 3.18. The Balaban J connectivity index is 0.000000443. The van der Waals surface area contributed by atoms with Gasteiger partial charge >= 0.3 is 17.1 Å². The fourth-order valence-corrected chi connectivity index (χ4v) is 8.80. The molecule has 0 aromatic rings. The average Bonchev–Trinajstić information content (AvgIpc) is 3.11. The Labute approximate surface area is 170 Å². The molecule has 0 bridgehead atoms. The monoisotopic (exact) mass is 412 g/mol. The van der Waals surface area contributed by atoms with Crippen LogP contribution in [-0.2, 0) is 17.1 Å². The molecule has 2 unspecified atom stereocenters. The van der Waals surface area contributed by atoms with Crippen molar-refractivity contribution >= 4 is 15.8 Å². The Morgan fingerprint density at radius 1 is 0.600 bits per heavy atom. The fourth-order valence-electron chi connectivity index (χ4n) is 3.17. The van der Waals surface area contributed by atoms with Gasteiger partial charge in [0.2, 0.25) is 0 Å². The SMILES string of the molecule is CC(C)P(C(C)C)C1[C]=[C-]C#C1.CC(C)P(C(C)C)C1[C]=[C-]C#C1.[Fe+2]. The van der Waals surface area contributed by atoms with Crippen molar-refractivity contribution in [2.75, 3.05) is 0 Å². The van der Waals surface area contributed by atoms with E-state index in [1.165, 1.54) is 0 Å². The fraction of sp³-hybridized carbons (Fsp3) is 0.636. The van der Waals surface area contributed by atoms with Gasteiger partial charge < -0.3 is 11.8 Å². The molecule has 2 atom stereocenters. The van der Waals surface area contributed by atoms with E-state index in [0.717, 1.165) is 22.6 Å². The molecule has 2 aliphatic rings. The minimum absolute atomic E-state index is 0. The van der Waals surface area contributed by atoms with Gasteiger partial charge in [-0.25, -0.2) is 0 Å². The number of rotatable bonds is 6. The second-order valence-corrected chi connectivity index (χ2v) is 14.1. The molecule has 0 amide bonds. The molecule has 136 valence electrons. The van der Waals surface area contributed by atoms with Crippen LogP contribution in [0.3, 0.4) is 0 Å². The Bertz CT molecular complexity index is 496. The van der Waals surface area contributed by atoms with Gasteiger partial charge in [-0.05, 0) is 34.0 Å². The van der Waals surface area contributed by atoms with Crippen LogP contribution >= 0.6 is 15.8 Å². The molecule has 2 radical (unpaired) electrons. The molecule has 0 spiro atoms. The van der Waals surface area contributed by atoms with Gasteiger partial charge in [0.15, 0.2) is 0 Å². The normalized spacial score (nSPS) is 19.9. The molecule has 3 heteroatoms. The van der Waals surface area contributed by atoms with Crippen LogP contribution in [0.15, 0.2) is 0 Å². The van der Waals surface area contributed by atoms with E-state index in [1.807, 2.05) is 0 Å². The average molecular weight is 412 g/mol. The third-order valence-corrected chi connectivity index (χ3v) is 10.4. The summed E-state index contributed by atoms with van der Waals surface area (Å²) in [6, 6.07) is 0. The second kappa shape index (κ2) is 12.4. The summed E-state index contributed by atoms with van der Waals surface area (Å²) in [7, 11) is -0.0540. The third kappa shape index (κ3) is 8.03. The Morgan fingerprint density at radius 3 is 1.04 bits per heavy atom. The van der Waals surface area contributed by atoms with Crippen LogP contribution in [0.25, 0.3) is 0 Å². The van der Waals surface area contributed by atoms with Crippen LogP contribution in [0.4, 0.5) is 0 Å². The predicted molar refractivity (Wildman–Crippen MR) is 110 cm³/mol. The molecule has 0 aromatic heterocycles. The first-order chi connectivity index (χ1) is 11.3. The minimum Gasteiger partial charge on any atom is -0.317 e. The van der Waals surface area contributed by atoms with Gasteiger partial charge in [-0.1, -0.05) is 55.4 Å². The molecular formula is C22H30FeP2. The Hall–Kier alpha value is -0.0205. The summed E-state index contributed by atoms with van der Waals surface area (Å²) in [5.74, 6) is 12.1. The Kier molecular flexibility index (Phi) is 12.4. The van der Waals surface area contributed by atoms with Gasteiger partial charge in [0.1, 0.15) is 0 Å². The van der Waals surface area contributed by atoms with E-state index < -0.39 is 0 Å². The van der Waals surface area contributed by atoms with Crippen molar-refractivity contribution in [3.05, 3.63) is 24.3 Å². The van der Waals surface area contributed by atoms with Gasteiger partial charge in [0, 0.05) is 0 Å². The molecular weight excluding hydrogens is 382 g/mol. The zero-order chi connectivity index (χ0) is 18.3. The van der Waals surface area contributed by atoms with Crippen molar-refractivity contribution in [2.45, 2.75) is 89.3 Å². The van der Waals surface area contributed by atoms with Crippen molar-refractivity contribution in [3.63, 3.8) is 0 Å². The van der Waals surface area contributed by atoms with Crippen LogP contribution in [-0.4, -0.2) is 34.0 Å². The predicted octanol–water partition coefficient (Wildman–Crippen LogP) is 5.66. The number of hydrogen-bond donors (Lipinski definition) is 0. The van der Waals surface area contributed by atoms with Crippen molar-refractivity contribution < 1.29 is 17.1 Å². The first kappa shape index (κ1) is 25.0. The summed E-state index contributed by atoms with van der Waals surface area (Å²) in [5, 5.41) is 0. The first-order valence-electron chi connectivity index (χ1n) is 8.82. The van der Waals surface area contributed by atoms with Gasteiger partial charge in [0.25, 0.3) is 0 Å². The summed E-state index contributed by atoms with van der Waals surface area (Å²) in [6.45, 7) is 18.3. The van der Waals surface area contributed by atoms with Crippen LogP contribution in [0.1, 0.15) is 55.4 Å². The zero-order valence-corrected chi connectivity index (χ0v) is 19.6. The van der Waals surface area contributed by atoms with Crippen LogP contribution < -0.4 is 0 Å². The maximum absolute atomic E-state index is 3.18. The second-order valence-electron chi connectivity index (χ2n) is 7.15. The Morgan fingerprint density at radius 2 is 0.880 bits per heavy atom. The van der Waals surface area contributed by atoms with E-state index in [1.54, 1.807) is 0 Å². The third-order valence-electron chi connectivity index (χ3n) is 3.94. The van der Waals surface area contributed by atoms with E-state index in [9.17, 15) is 0 Å². The van der Waals surface area contributed by atoms with Crippen LogP contribution in [0, 0.1) is 48.0 Å². The van der Waals surface area contributed by atoms with Crippen molar-refractivity contribution in [2.24, 2.45) is 0 Å². The summed E-state index contributed by atoms with van der Waals surface area (Å²) >= 11 is 0. The molecule has 2 aliphatic carbocycles. The quantitative estimate of drug-likeness (QED) is 0.229. The van der Waals surface area contributed by atoms with Crippen LogP contribution in [0.5, 0.6) is 0 Å². The molecule has 0 N–H and O–H groups in total. The molecule has 0 heterocycles. The molecule has 0 saturated carbocycles. The number of hydrogen-bond acceptors (Lipinski definition) is 0. The summed E-state index contributed by atoms with van der Waals surface area (Å²) in [4.78, 5) is 0. The number of allylic oxidation sites excluding steroid dienone is 4. The molecule has 0 aliphatic heterocycles. The van der Waals surface area contributed by atoms with Gasteiger partial charge in [0.05, 0.1) is 0 Å². The zero-order valence-electron chi connectivity index (χ0n) is 16.7. The van der Waals surface area contributed by atoms with Crippen molar-refractivity contribution in [1.29, 1.82) is 0 Å². The first-order valence-corrected chi connectivity index (χ1v) is 11.9. The van der Waals surface area contributed by atoms with Gasteiger partial charge in [-0.2, -0.15) is 12.2 Å². The van der Waals surface area contributed by atoms with E-state index in [-0.39, 0.29) is 32.9 Å². The van der Waals surface area contributed by atoms with E-state index >= 15 is 0 Å². The minimum atomic E-state index is -0.0270. The van der Waals surface area contributed by atoms with Gasteiger partial charge in [-0.3, -0.25) is 11.8 Å². The molecule has 25 heavy (non-hydrogen) atoms. The van der Waals surface area contributed by atoms with Crippen molar-refractivity contribution in [1.82, 2.24) is 0 Å². The summed E-state index contributed by atoms with van der Waals surface area (Å²) in [6.07, 6.45) is 12.1. The molecule has 2 rings (SSSR count). The molecule has 0 nitrogen and oxygen atoms in total. The van der Waals surface area contributed by atoms with E-state index in [2.05, 4.69) is 103 Å². The van der Waals surface area contributed by atoms with E-state index in [0.29, 0.717) is 11.3 Å². The summed E-state index contributed by atoms with van der Waals surface area (Å²) in [5.41, 5.74) is 3.75. The topological polar surface area (TPSA) is 0 Å². The standard InChI is InChI=1S/2C11H15P.Fe/c2*1-9(2)12(10(3)4)11-7-5-6-8-11;/h2*9-11H,1-4H3;/q2*-1;+2. The van der Waals surface area contributed by atoms with Gasteiger partial charge in [-0.15, -0.1) is 28.0 Å². The molecule has 0 aromatic carbocycles. The molecule has 0 fully saturated rings.